The Morgan fingerprint density at radius 1 is 1.41 bits per heavy atom. The number of likely N-dealkylation sites (tertiary alicyclic amines) is 1. The van der Waals surface area contributed by atoms with E-state index in [0.29, 0.717) is 6.54 Å². The Morgan fingerprint density at radius 3 is 2.95 bits per heavy atom. The SMILES string of the molecule is COc1cccc([C@@H]2CCN2C(=O)Cn2cccnc2=O)c1. The van der Waals surface area contributed by atoms with Crippen molar-refractivity contribution in [1.29, 1.82) is 0 Å². The summed E-state index contributed by atoms with van der Waals surface area (Å²) in [6, 6.07) is 9.42. The molecule has 1 aromatic heterocycles. The monoisotopic (exact) mass is 299 g/mol. The summed E-state index contributed by atoms with van der Waals surface area (Å²) in [7, 11) is 1.62. The molecule has 0 saturated carbocycles. The Labute approximate surface area is 128 Å². The topological polar surface area (TPSA) is 64.4 Å². The summed E-state index contributed by atoms with van der Waals surface area (Å²) in [5.74, 6) is 0.703. The maximum atomic E-state index is 12.4. The Hall–Kier alpha value is -2.63. The van der Waals surface area contributed by atoms with E-state index in [-0.39, 0.29) is 18.5 Å². The van der Waals surface area contributed by atoms with E-state index in [4.69, 9.17) is 4.74 Å². The maximum Gasteiger partial charge on any atom is 0.347 e. The molecule has 22 heavy (non-hydrogen) atoms. The molecule has 114 valence electrons. The smallest absolute Gasteiger partial charge is 0.347 e. The van der Waals surface area contributed by atoms with Crippen molar-refractivity contribution in [2.45, 2.75) is 19.0 Å². The number of ether oxygens (including phenoxy) is 1. The van der Waals surface area contributed by atoms with E-state index in [0.717, 1.165) is 17.7 Å². The number of methoxy groups -OCH3 is 1. The van der Waals surface area contributed by atoms with E-state index in [1.165, 1.54) is 10.8 Å². The van der Waals surface area contributed by atoms with Crippen molar-refractivity contribution >= 4 is 5.91 Å². The fourth-order valence-electron chi connectivity index (χ4n) is 2.63. The summed E-state index contributed by atoms with van der Waals surface area (Å²) in [6.45, 7) is 0.725. The fourth-order valence-corrected chi connectivity index (χ4v) is 2.63. The van der Waals surface area contributed by atoms with Gasteiger partial charge in [-0.1, -0.05) is 12.1 Å². The molecule has 1 amide bonds. The van der Waals surface area contributed by atoms with E-state index < -0.39 is 5.69 Å². The molecular formula is C16H17N3O3. The highest BCUT2D eigenvalue weighted by molar-refractivity contribution is 5.77. The van der Waals surface area contributed by atoms with Crippen LogP contribution in [0.5, 0.6) is 5.75 Å². The van der Waals surface area contributed by atoms with Crippen molar-refractivity contribution in [2.24, 2.45) is 0 Å². The molecular weight excluding hydrogens is 282 g/mol. The quantitative estimate of drug-likeness (QED) is 0.851. The second-order valence-corrected chi connectivity index (χ2v) is 5.20. The minimum absolute atomic E-state index is 0.0210. The summed E-state index contributed by atoms with van der Waals surface area (Å²) in [5.41, 5.74) is 0.645. The third-order valence-electron chi connectivity index (χ3n) is 3.91. The van der Waals surface area contributed by atoms with E-state index in [2.05, 4.69) is 4.98 Å². The Morgan fingerprint density at radius 2 is 2.27 bits per heavy atom. The molecule has 0 bridgehead atoms. The van der Waals surface area contributed by atoms with Gasteiger partial charge in [-0.15, -0.1) is 0 Å². The molecule has 1 saturated heterocycles. The van der Waals surface area contributed by atoms with Gasteiger partial charge in [-0.05, 0) is 30.2 Å². The van der Waals surface area contributed by atoms with Crippen molar-refractivity contribution in [2.75, 3.05) is 13.7 Å². The third-order valence-corrected chi connectivity index (χ3v) is 3.91. The first kappa shape index (κ1) is 14.3. The minimum Gasteiger partial charge on any atom is -0.497 e. The third kappa shape index (κ3) is 2.72. The van der Waals surface area contributed by atoms with Gasteiger partial charge in [-0.25, -0.2) is 9.78 Å². The first-order valence-corrected chi connectivity index (χ1v) is 7.14. The van der Waals surface area contributed by atoms with Crippen LogP contribution in [0, 0.1) is 0 Å². The van der Waals surface area contributed by atoms with E-state index >= 15 is 0 Å². The molecule has 0 N–H and O–H groups in total. The van der Waals surface area contributed by atoms with Crippen molar-refractivity contribution in [3.05, 3.63) is 58.8 Å². The predicted octanol–water partition coefficient (Wildman–Crippen LogP) is 1.23. The molecule has 6 nitrogen and oxygen atoms in total. The van der Waals surface area contributed by atoms with Crippen LogP contribution in [0.4, 0.5) is 0 Å². The second kappa shape index (κ2) is 6.01. The van der Waals surface area contributed by atoms with Gasteiger partial charge in [0.1, 0.15) is 12.3 Å². The lowest BCUT2D eigenvalue weighted by molar-refractivity contribution is -0.139. The van der Waals surface area contributed by atoms with E-state index in [1.54, 1.807) is 24.3 Å². The molecule has 1 aliphatic heterocycles. The predicted molar refractivity (Wildman–Crippen MR) is 80.6 cm³/mol. The number of benzene rings is 1. The van der Waals surface area contributed by atoms with Crippen LogP contribution in [0.25, 0.3) is 0 Å². The minimum atomic E-state index is -0.408. The van der Waals surface area contributed by atoms with Crippen LogP contribution in [-0.2, 0) is 11.3 Å². The zero-order chi connectivity index (χ0) is 15.5. The lowest BCUT2D eigenvalue weighted by Crippen LogP contribution is -2.47. The van der Waals surface area contributed by atoms with Gasteiger partial charge in [0.05, 0.1) is 13.2 Å². The fraction of sp³-hybridized carbons (Fsp3) is 0.312. The van der Waals surface area contributed by atoms with Crippen LogP contribution < -0.4 is 10.4 Å². The number of aromatic nitrogens is 2. The summed E-state index contributed by atoms with van der Waals surface area (Å²) >= 11 is 0. The van der Waals surface area contributed by atoms with Crippen LogP contribution in [0.3, 0.4) is 0 Å². The molecule has 2 heterocycles. The van der Waals surface area contributed by atoms with Gasteiger partial charge in [-0.2, -0.15) is 0 Å². The maximum absolute atomic E-state index is 12.4. The lowest BCUT2D eigenvalue weighted by atomic mass is 9.94. The van der Waals surface area contributed by atoms with Crippen LogP contribution in [-0.4, -0.2) is 34.0 Å². The van der Waals surface area contributed by atoms with Gasteiger partial charge < -0.3 is 9.64 Å². The number of rotatable bonds is 4. The van der Waals surface area contributed by atoms with Gasteiger partial charge in [0, 0.05) is 18.9 Å². The van der Waals surface area contributed by atoms with Gasteiger partial charge in [-0.3, -0.25) is 9.36 Å². The molecule has 6 heteroatoms. The molecule has 3 rings (SSSR count). The van der Waals surface area contributed by atoms with E-state index in [9.17, 15) is 9.59 Å². The Kier molecular flexibility index (Phi) is 3.91. The van der Waals surface area contributed by atoms with Gasteiger partial charge >= 0.3 is 5.69 Å². The Bertz CT molecular complexity index is 741. The number of carbonyl (C=O) groups excluding carboxylic acids is 1. The zero-order valence-corrected chi connectivity index (χ0v) is 12.3. The van der Waals surface area contributed by atoms with Crippen molar-refractivity contribution in [3.8, 4) is 5.75 Å². The summed E-state index contributed by atoms with van der Waals surface area (Å²) in [6.07, 6.45) is 3.92. The van der Waals surface area contributed by atoms with Crippen molar-refractivity contribution in [3.63, 3.8) is 0 Å². The standard InChI is InChI=1S/C16H17N3O3/c1-22-13-5-2-4-12(10-13)14-6-9-19(14)15(20)11-18-8-3-7-17-16(18)21/h2-5,7-8,10,14H,6,9,11H2,1H3/t14-/m0/s1. The highest BCUT2D eigenvalue weighted by atomic mass is 16.5. The Balaban J connectivity index is 1.74. The largest absolute Gasteiger partial charge is 0.497 e. The molecule has 2 aromatic rings. The molecule has 1 atom stereocenters. The zero-order valence-electron chi connectivity index (χ0n) is 12.3. The molecule has 0 unspecified atom stereocenters. The van der Waals surface area contributed by atoms with Crippen LogP contribution >= 0.6 is 0 Å². The van der Waals surface area contributed by atoms with Crippen LogP contribution in [0.15, 0.2) is 47.5 Å². The molecule has 1 aliphatic rings. The van der Waals surface area contributed by atoms with Gasteiger partial charge in [0.15, 0.2) is 0 Å². The first-order chi connectivity index (χ1) is 10.7. The highest BCUT2D eigenvalue weighted by Gasteiger charge is 2.33. The van der Waals surface area contributed by atoms with Gasteiger partial charge in [0.25, 0.3) is 0 Å². The van der Waals surface area contributed by atoms with Crippen molar-refractivity contribution in [1.82, 2.24) is 14.5 Å². The van der Waals surface area contributed by atoms with Gasteiger partial charge in [0.2, 0.25) is 5.91 Å². The summed E-state index contributed by atoms with van der Waals surface area (Å²) in [5, 5.41) is 0. The normalized spacial score (nSPS) is 17.0. The van der Waals surface area contributed by atoms with Crippen LogP contribution in [0.2, 0.25) is 0 Å². The molecule has 1 fully saturated rings. The molecule has 0 aliphatic carbocycles. The summed E-state index contributed by atoms with van der Waals surface area (Å²) in [4.78, 5) is 29.4. The molecule has 0 spiro atoms. The van der Waals surface area contributed by atoms with E-state index in [1.807, 2.05) is 24.3 Å². The number of hydrogen-bond donors (Lipinski definition) is 0. The number of carbonyl (C=O) groups is 1. The molecule has 0 radical (unpaired) electrons. The average Bonchev–Trinajstić information content (AvgIpc) is 2.49. The number of amides is 1. The van der Waals surface area contributed by atoms with Crippen molar-refractivity contribution < 1.29 is 9.53 Å². The number of hydrogen-bond acceptors (Lipinski definition) is 4. The lowest BCUT2D eigenvalue weighted by Gasteiger charge is -2.41. The first-order valence-electron chi connectivity index (χ1n) is 7.14. The molecule has 1 aromatic carbocycles. The summed E-state index contributed by atoms with van der Waals surface area (Å²) < 4.78 is 6.55. The highest BCUT2D eigenvalue weighted by Crippen LogP contribution is 2.34. The second-order valence-electron chi connectivity index (χ2n) is 5.20. The van der Waals surface area contributed by atoms with Crippen LogP contribution in [0.1, 0.15) is 18.0 Å². The average molecular weight is 299 g/mol. The number of nitrogens with zero attached hydrogens (tertiary/aromatic N) is 3.